The van der Waals surface area contributed by atoms with Crippen molar-refractivity contribution in [3.05, 3.63) is 78.6 Å². The number of halogens is 1. The lowest BCUT2D eigenvalue weighted by molar-refractivity contribution is 0.598. The number of imidazole rings is 1. The number of hydrogen-bond acceptors (Lipinski definition) is 3. The van der Waals surface area contributed by atoms with Crippen molar-refractivity contribution in [2.45, 2.75) is 4.90 Å². The van der Waals surface area contributed by atoms with E-state index in [0.29, 0.717) is 5.82 Å². The molecular weight excluding hydrogens is 353 g/mol. The molecule has 0 aliphatic carbocycles. The Morgan fingerprint density at radius 1 is 0.885 bits per heavy atom. The molecule has 0 aliphatic rings. The third-order valence-corrected chi connectivity index (χ3v) is 5.02. The first-order chi connectivity index (χ1) is 12.4. The number of hydrogen-bond donors (Lipinski definition) is 1. The molecule has 0 atom stereocenters. The normalized spacial score (nSPS) is 11.8. The summed E-state index contributed by atoms with van der Waals surface area (Å²) in [6.07, 6.45) is 0. The number of fused-ring (bicyclic) bond motifs is 1. The van der Waals surface area contributed by atoms with Crippen LogP contribution in [0.3, 0.4) is 0 Å². The molecule has 7 heteroatoms. The van der Waals surface area contributed by atoms with E-state index >= 15 is 0 Å². The van der Waals surface area contributed by atoms with Crippen LogP contribution in [0, 0.1) is 5.82 Å². The molecule has 0 amide bonds. The van der Waals surface area contributed by atoms with Gasteiger partial charge in [0.2, 0.25) is 10.0 Å². The molecule has 0 saturated heterocycles. The van der Waals surface area contributed by atoms with Gasteiger partial charge >= 0.3 is 0 Å². The zero-order valence-corrected chi connectivity index (χ0v) is 14.3. The molecule has 130 valence electrons. The third-order valence-electron chi connectivity index (χ3n) is 4.09. The van der Waals surface area contributed by atoms with Gasteiger partial charge in [0.1, 0.15) is 11.6 Å². The highest BCUT2D eigenvalue weighted by Gasteiger charge is 2.15. The first-order valence-corrected chi connectivity index (χ1v) is 9.35. The Morgan fingerprint density at radius 3 is 2.19 bits per heavy atom. The van der Waals surface area contributed by atoms with E-state index in [1.165, 1.54) is 24.3 Å². The molecule has 0 radical (unpaired) electrons. The molecule has 0 bridgehead atoms. The fourth-order valence-corrected chi connectivity index (χ4v) is 3.38. The Balaban J connectivity index is 1.95. The number of sulfonamides is 1. The van der Waals surface area contributed by atoms with Crippen molar-refractivity contribution in [1.82, 2.24) is 9.55 Å². The van der Waals surface area contributed by atoms with Crippen molar-refractivity contribution in [2.24, 2.45) is 5.14 Å². The number of nitrogens with two attached hydrogens (primary N) is 1. The van der Waals surface area contributed by atoms with Crippen LogP contribution in [0.15, 0.2) is 77.7 Å². The monoisotopic (exact) mass is 367 g/mol. The summed E-state index contributed by atoms with van der Waals surface area (Å²) in [5.41, 5.74) is 3.12. The van der Waals surface area contributed by atoms with Crippen LogP contribution in [0.2, 0.25) is 0 Å². The lowest BCUT2D eigenvalue weighted by Crippen LogP contribution is -2.11. The Morgan fingerprint density at radius 2 is 1.54 bits per heavy atom. The Hall–Kier alpha value is -3.03. The van der Waals surface area contributed by atoms with Gasteiger partial charge in [-0.25, -0.2) is 22.9 Å². The Bertz CT molecular complexity index is 1200. The standard InChI is InChI=1S/C19H14FN3O2S/c20-14-7-9-15(10-8-14)23-18-4-2-1-3-17(18)22-19(23)13-5-11-16(12-6-13)26(21,24)25/h1-12H,(H2,21,24,25). The third kappa shape index (κ3) is 2.87. The maximum atomic E-state index is 13.3. The Kier molecular flexibility index (Phi) is 3.82. The Labute approximate surface area is 149 Å². The maximum absolute atomic E-state index is 13.3. The molecule has 0 unspecified atom stereocenters. The molecule has 1 heterocycles. The van der Waals surface area contributed by atoms with Gasteiger partial charge < -0.3 is 0 Å². The van der Waals surface area contributed by atoms with Crippen molar-refractivity contribution in [3.8, 4) is 17.1 Å². The smallest absolute Gasteiger partial charge is 0.238 e. The van der Waals surface area contributed by atoms with E-state index in [1.807, 2.05) is 28.8 Å². The van der Waals surface area contributed by atoms with Crippen molar-refractivity contribution >= 4 is 21.1 Å². The van der Waals surface area contributed by atoms with Crippen molar-refractivity contribution in [2.75, 3.05) is 0 Å². The van der Waals surface area contributed by atoms with Crippen LogP contribution in [-0.4, -0.2) is 18.0 Å². The number of rotatable bonds is 3. The number of benzene rings is 3. The summed E-state index contributed by atoms with van der Waals surface area (Å²) in [4.78, 5) is 4.70. The summed E-state index contributed by atoms with van der Waals surface area (Å²) in [6.45, 7) is 0. The quantitative estimate of drug-likeness (QED) is 0.602. The van der Waals surface area contributed by atoms with Gasteiger partial charge in [-0.2, -0.15) is 0 Å². The van der Waals surface area contributed by atoms with E-state index in [0.717, 1.165) is 22.3 Å². The topological polar surface area (TPSA) is 78.0 Å². The second-order valence-corrected chi connectivity index (χ2v) is 7.37. The lowest BCUT2D eigenvalue weighted by Gasteiger charge is -2.10. The van der Waals surface area contributed by atoms with E-state index in [1.54, 1.807) is 24.3 Å². The van der Waals surface area contributed by atoms with Crippen LogP contribution in [0.4, 0.5) is 4.39 Å². The summed E-state index contributed by atoms with van der Waals surface area (Å²) < 4.78 is 38.2. The molecule has 26 heavy (non-hydrogen) atoms. The molecule has 1 aromatic heterocycles. The first-order valence-electron chi connectivity index (χ1n) is 7.80. The zero-order valence-electron chi connectivity index (χ0n) is 13.5. The van der Waals surface area contributed by atoms with E-state index < -0.39 is 10.0 Å². The van der Waals surface area contributed by atoms with Gasteiger partial charge in [0.05, 0.1) is 15.9 Å². The van der Waals surface area contributed by atoms with Crippen LogP contribution in [0.5, 0.6) is 0 Å². The van der Waals surface area contributed by atoms with Crippen molar-refractivity contribution in [1.29, 1.82) is 0 Å². The lowest BCUT2D eigenvalue weighted by atomic mass is 10.2. The van der Waals surface area contributed by atoms with Gasteiger partial charge in [-0.05, 0) is 60.7 Å². The fraction of sp³-hybridized carbons (Fsp3) is 0. The van der Waals surface area contributed by atoms with E-state index in [9.17, 15) is 12.8 Å². The fourth-order valence-electron chi connectivity index (χ4n) is 2.86. The van der Waals surface area contributed by atoms with Crippen LogP contribution >= 0.6 is 0 Å². The SMILES string of the molecule is NS(=O)(=O)c1ccc(-c2nc3ccccc3n2-c2ccc(F)cc2)cc1. The highest BCUT2D eigenvalue weighted by Crippen LogP contribution is 2.29. The minimum Gasteiger partial charge on any atom is -0.292 e. The van der Waals surface area contributed by atoms with E-state index in [2.05, 4.69) is 4.98 Å². The molecule has 5 nitrogen and oxygen atoms in total. The van der Waals surface area contributed by atoms with Crippen molar-refractivity contribution < 1.29 is 12.8 Å². The number of nitrogens with zero attached hydrogens (tertiary/aromatic N) is 2. The maximum Gasteiger partial charge on any atom is 0.238 e. The summed E-state index contributed by atoms with van der Waals surface area (Å²) in [5.74, 6) is 0.302. The van der Waals surface area contributed by atoms with Crippen molar-refractivity contribution in [3.63, 3.8) is 0 Å². The molecule has 4 rings (SSSR count). The molecule has 0 spiro atoms. The predicted octanol–water partition coefficient (Wildman–Crippen LogP) is 3.48. The van der Waals surface area contributed by atoms with Gasteiger partial charge in [0, 0.05) is 11.3 Å². The second kappa shape index (κ2) is 6.05. The van der Waals surface area contributed by atoms with Crippen LogP contribution in [-0.2, 0) is 10.0 Å². The zero-order chi connectivity index (χ0) is 18.3. The highest BCUT2D eigenvalue weighted by atomic mass is 32.2. The minimum atomic E-state index is -3.76. The average Bonchev–Trinajstić information content (AvgIpc) is 3.01. The average molecular weight is 367 g/mol. The molecule has 0 aliphatic heterocycles. The van der Waals surface area contributed by atoms with Gasteiger partial charge in [0.25, 0.3) is 0 Å². The van der Waals surface area contributed by atoms with Gasteiger partial charge in [-0.1, -0.05) is 12.1 Å². The highest BCUT2D eigenvalue weighted by molar-refractivity contribution is 7.89. The van der Waals surface area contributed by atoms with Gasteiger partial charge in [-0.3, -0.25) is 4.57 Å². The van der Waals surface area contributed by atoms with Crippen LogP contribution in [0.1, 0.15) is 0 Å². The predicted molar refractivity (Wildman–Crippen MR) is 97.8 cm³/mol. The first kappa shape index (κ1) is 16.4. The molecule has 0 saturated carbocycles. The minimum absolute atomic E-state index is 0.0330. The summed E-state index contributed by atoms with van der Waals surface area (Å²) in [6, 6.07) is 19.9. The molecular formula is C19H14FN3O2S. The number of para-hydroxylation sites is 2. The van der Waals surface area contributed by atoms with Crippen LogP contribution in [0.25, 0.3) is 28.1 Å². The summed E-state index contributed by atoms with van der Waals surface area (Å²) in [7, 11) is -3.76. The number of aromatic nitrogens is 2. The molecule has 2 N–H and O–H groups in total. The molecule has 4 aromatic rings. The summed E-state index contributed by atoms with van der Waals surface area (Å²) >= 11 is 0. The van der Waals surface area contributed by atoms with E-state index in [-0.39, 0.29) is 10.7 Å². The number of primary sulfonamides is 1. The second-order valence-electron chi connectivity index (χ2n) is 5.81. The molecule has 0 fully saturated rings. The van der Waals surface area contributed by atoms with E-state index in [4.69, 9.17) is 5.14 Å². The van der Waals surface area contributed by atoms with Gasteiger partial charge in [-0.15, -0.1) is 0 Å². The largest absolute Gasteiger partial charge is 0.292 e. The van der Waals surface area contributed by atoms with Gasteiger partial charge in [0.15, 0.2) is 0 Å². The summed E-state index contributed by atoms with van der Waals surface area (Å²) in [5, 5.41) is 5.16. The van der Waals surface area contributed by atoms with Crippen LogP contribution < -0.4 is 5.14 Å². The molecule has 3 aromatic carbocycles.